The number of nitrogens with one attached hydrogen (secondary N) is 1. The molecule has 2 aromatic rings. The van der Waals surface area contributed by atoms with E-state index in [2.05, 4.69) is 36.3 Å². The molecule has 2 rings (SSSR count). The Labute approximate surface area is 129 Å². The number of carbonyl (C=O) groups is 1. The number of aromatic nitrogens is 1. The molecule has 0 aliphatic rings. The van der Waals surface area contributed by atoms with Crippen molar-refractivity contribution in [1.29, 1.82) is 0 Å². The molecule has 112 valence electrons. The van der Waals surface area contributed by atoms with E-state index in [1.807, 2.05) is 25.1 Å². The summed E-state index contributed by atoms with van der Waals surface area (Å²) in [6.45, 7) is 6.40. The topological polar surface area (TPSA) is 68.0 Å². The molecule has 5 heteroatoms. The minimum atomic E-state index is -0.111. The molecule has 0 saturated carbocycles. The number of nitrogens with zero attached hydrogens (tertiary/aromatic N) is 1. The fourth-order valence-electron chi connectivity index (χ4n) is 2.51. The number of rotatable bonds is 5. The van der Waals surface area contributed by atoms with Crippen molar-refractivity contribution in [1.82, 2.24) is 10.3 Å². The van der Waals surface area contributed by atoms with Crippen molar-refractivity contribution in [3.05, 3.63) is 47.0 Å². The van der Waals surface area contributed by atoms with Crippen LogP contribution in [-0.2, 0) is 5.41 Å². The quantitative estimate of drug-likeness (QED) is 0.891. The van der Waals surface area contributed by atoms with Crippen LogP contribution in [0.4, 0.5) is 5.13 Å². The second kappa shape index (κ2) is 6.26. The van der Waals surface area contributed by atoms with Gasteiger partial charge in [0.1, 0.15) is 4.88 Å². The van der Waals surface area contributed by atoms with E-state index in [4.69, 9.17) is 5.73 Å². The van der Waals surface area contributed by atoms with Crippen molar-refractivity contribution in [2.45, 2.75) is 38.6 Å². The van der Waals surface area contributed by atoms with Gasteiger partial charge in [-0.25, -0.2) is 4.98 Å². The largest absolute Gasteiger partial charge is 0.375 e. The number of nitrogen functional groups attached to an aromatic ring is 1. The first kappa shape index (κ1) is 15.5. The summed E-state index contributed by atoms with van der Waals surface area (Å²) in [4.78, 5) is 16.5. The maximum Gasteiger partial charge on any atom is 0.263 e. The Bertz CT molecular complexity index is 607. The Morgan fingerprint density at radius 3 is 2.62 bits per heavy atom. The molecule has 1 aromatic heterocycles. The second-order valence-electron chi connectivity index (χ2n) is 5.89. The number of thiazole rings is 1. The zero-order chi connectivity index (χ0) is 15.5. The number of carbonyl (C=O) groups excluding carboxylic acids is 1. The number of anilines is 1. The first-order chi connectivity index (χ1) is 9.88. The third-order valence-corrected chi connectivity index (χ3v) is 4.32. The predicted octanol–water partition coefficient (Wildman–Crippen LogP) is 3.21. The van der Waals surface area contributed by atoms with E-state index < -0.39 is 0 Å². The zero-order valence-electron chi connectivity index (χ0n) is 12.6. The molecule has 0 aliphatic heterocycles. The summed E-state index contributed by atoms with van der Waals surface area (Å²) in [7, 11) is 0. The van der Waals surface area contributed by atoms with E-state index in [-0.39, 0.29) is 17.4 Å². The van der Waals surface area contributed by atoms with Gasteiger partial charge in [0, 0.05) is 6.04 Å². The molecular weight excluding hydrogens is 282 g/mol. The van der Waals surface area contributed by atoms with E-state index in [0.29, 0.717) is 10.0 Å². The standard InChI is InChI=1S/C16H21N3OS/c1-11(19-14(20)13-10-18-15(17)21-13)9-16(2,3)12-7-5-4-6-8-12/h4-8,10-11H,9H2,1-3H3,(H2,17,18)(H,19,20). The molecule has 0 aliphatic carbocycles. The van der Waals surface area contributed by atoms with Gasteiger partial charge in [-0.05, 0) is 24.3 Å². The molecule has 0 fully saturated rings. The van der Waals surface area contributed by atoms with Gasteiger partial charge in [0.05, 0.1) is 6.20 Å². The van der Waals surface area contributed by atoms with Crippen LogP contribution in [0.15, 0.2) is 36.5 Å². The summed E-state index contributed by atoms with van der Waals surface area (Å²) in [5.41, 5.74) is 6.82. The SMILES string of the molecule is CC(CC(C)(C)c1ccccc1)NC(=O)c1cnc(N)s1. The third kappa shape index (κ3) is 4.04. The lowest BCUT2D eigenvalue weighted by Crippen LogP contribution is -2.36. The van der Waals surface area contributed by atoms with Gasteiger partial charge < -0.3 is 11.1 Å². The molecule has 1 aromatic carbocycles. The van der Waals surface area contributed by atoms with Gasteiger partial charge >= 0.3 is 0 Å². The number of benzene rings is 1. The fraction of sp³-hybridized carbons (Fsp3) is 0.375. The first-order valence-electron chi connectivity index (χ1n) is 6.96. The highest BCUT2D eigenvalue weighted by molar-refractivity contribution is 7.17. The van der Waals surface area contributed by atoms with Gasteiger partial charge in [-0.2, -0.15) is 0 Å². The van der Waals surface area contributed by atoms with Crippen molar-refractivity contribution in [2.75, 3.05) is 5.73 Å². The van der Waals surface area contributed by atoms with Crippen molar-refractivity contribution in [2.24, 2.45) is 0 Å². The van der Waals surface area contributed by atoms with E-state index in [1.165, 1.54) is 23.1 Å². The van der Waals surface area contributed by atoms with Gasteiger partial charge in [0.25, 0.3) is 5.91 Å². The van der Waals surface area contributed by atoms with E-state index in [9.17, 15) is 4.79 Å². The van der Waals surface area contributed by atoms with Crippen molar-refractivity contribution in [3.63, 3.8) is 0 Å². The second-order valence-corrected chi connectivity index (χ2v) is 6.95. The Morgan fingerprint density at radius 1 is 1.38 bits per heavy atom. The monoisotopic (exact) mass is 303 g/mol. The average Bonchev–Trinajstić information content (AvgIpc) is 2.86. The lowest BCUT2D eigenvalue weighted by Gasteiger charge is -2.29. The average molecular weight is 303 g/mol. The maximum absolute atomic E-state index is 12.1. The summed E-state index contributed by atoms with van der Waals surface area (Å²) in [5, 5.41) is 3.43. The van der Waals surface area contributed by atoms with E-state index in [0.717, 1.165) is 6.42 Å². The van der Waals surface area contributed by atoms with Crippen LogP contribution in [0.5, 0.6) is 0 Å². The maximum atomic E-state index is 12.1. The summed E-state index contributed by atoms with van der Waals surface area (Å²) in [6.07, 6.45) is 2.38. The van der Waals surface area contributed by atoms with Crippen LogP contribution in [0.1, 0.15) is 42.4 Å². The van der Waals surface area contributed by atoms with Crippen molar-refractivity contribution in [3.8, 4) is 0 Å². The van der Waals surface area contributed by atoms with Crippen LogP contribution in [0.2, 0.25) is 0 Å². The third-order valence-electron chi connectivity index (χ3n) is 3.50. The number of hydrogen-bond acceptors (Lipinski definition) is 4. The van der Waals surface area contributed by atoms with Crippen molar-refractivity contribution < 1.29 is 4.79 Å². The molecule has 0 spiro atoms. The summed E-state index contributed by atoms with van der Waals surface area (Å²) >= 11 is 1.21. The van der Waals surface area contributed by atoms with Crippen molar-refractivity contribution >= 4 is 22.4 Å². The minimum Gasteiger partial charge on any atom is -0.375 e. The first-order valence-corrected chi connectivity index (χ1v) is 7.78. The molecule has 4 nitrogen and oxygen atoms in total. The molecule has 1 atom stereocenters. The number of amides is 1. The summed E-state index contributed by atoms with van der Waals surface area (Å²) < 4.78 is 0. The molecule has 1 unspecified atom stereocenters. The molecule has 0 saturated heterocycles. The number of hydrogen-bond donors (Lipinski definition) is 2. The van der Waals surface area contributed by atoms with Gasteiger partial charge in [-0.1, -0.05) is 55.5 Å². The molecule has 0 radical (unpaired) electrons. The highest BCUT2D eigenvalue weighted by Gasteiger charge is 2.24. The van der Waals surface area contributed by atoms with Crippen LogP contribution < -0.4 is 11.1 Å². The van der Waals surface area contributed by atoms with Gasteiger partial charge in [0.2, 0.25) is 0 Å². The Kier molecular flexibility index (Phi) is 4.63. The van der Waals surface area contributed by atoms with Crippen LogP contribution >= 0.6 is 11.3 Å². The molecule has 1 amide bonds. The van der Waals surface area contributed by atoms with Crippen LogP contribution in [-0.4, -0.2) is 16.9 Å². The predicted molar refractivity (Wildman–Crippen MR) is 87.5 cm³/mol. The van der Waals surface area contributed by atoms with Gasteiger partial charge in [0.15, 0.2) is 5.13 Å². The van der Waals surface area contributed by atoms with Crippen LogP contribution in [0, 0.1) is 0 Å². The highest BCUT2D eigenvalue weighted by Crippen LogP contribution is 2.28. The van der Waals surface area contributed by atoms with Gasteiger partial charge in [-0.15, -0.1) is 0 Å². The fourth-order valence-corrected chi connectivity index (χ4v) is 3.10. The highest BCUT2D eigenvalue weighted by atomic mass is 32.1. The summed E-state index contributed by atoms with van der Waals surface area (Å²) in [5.74, 6) is -0.111. The minimum absolute atomic E-state index is 0.000679. The molecule has 0 bridgehead atoms. The normalized spacial score (nSPS) is 12.9. The lowest BCUT2D eigenvalue weighted by atomic mass is 9.79. The summed E-state index contributed by atoms with van der Waals surface area (Å²) in [6, 6.07) is 10.4. The van der Waals surface area contributed by atoms with Crippen LogP contribution in [0.3, 0.4) is 0 Å². The van der Waals surface area contributed by atoms with Crippen LogP contribution in [0.25, 0.3) is 0 Å². The molecule has 3 N–H and O–H groups in total. The Balaban J connectivity index is 1.98. The molecule has 1 heterocycles. The molecule has 21 heavy (non-hydrogen) atoms. The molecular formula is C16H21N3OS. The smallest absolute Gasteiger partial charge is 0.263 e. The Morgan fingerprint density at radius 2 is 2.05 bits per heavy atom. The van der Waals surface area contributed by atoms with E-state index in [1.54, 1.807) is 0 Å². The number of nitrogens with two attached hydrogens (primary N) is 1. The van der Waals surface area contributed by atoms with Gasteiger partial charge in [-0.3, -0.25) is 4.79 Å². The van der Waals surface area contributed by atoms with E-state index >= 15 is 0 Å². The zero-order valence-corrected chi connectivity index (χ0v) is 13.4. The lowest BCUT2D eigenvalue weighted by molar-refractivity contribution is 0.0938. The Hall–Kier alpha value is -1.88.